The zero-order valence-electron chi connectivity index (χ0n) is 12.1. The highest BCUT2D eigenvalue weighted by atomic mass is 16.5. The summed E-state index contributed by atoms with van der Waals surface area (Å²) in [7, 11) is 0. The van der Waals surface area contributed by atoms with Crippen LogP contribution < -0.4 is 15.8 Å². The maximum Gasteiger partial charge on any atom is 0.258 e. The molecule has 0 saturated heterocycles. The largest absolute Gasteiger partial charge is 0.483 e. The van der Waals surface area contributed by atoms with Gasteiger partial charge in [0.05, 0.1) is 0 Å². The molecule has 4 heteroatoms. The van der Waals surface area contributed by atoms with Crippen molar-refractivity contribution in [3.8, 4) is 5.75 Å². The van der Waals surface area contributed by atoms with Crippen molar-refractivity contribution in [1.29, 1.82) is 0 Å². The van der Waals surface area contributed by atoms with Crippen LogP contribution in [-0.2, 0) is 4.79 Å². The van der Waals surface area contributed by atoms with Crippen molar-refractivity contribution >= 4 is 5.91 Å². The molecule has 0 bridgehead atoms. The molecule has 0 saturated carbocycles. The van der Waals surface area contributed by atoms with E-state index in [1.165, 1.54) is 0 Å². The van der Waals surface area contributed by atoms with Crippen LogP contribution in [0.1, 0.15) is 39.3 Å². The summed E-state index contributed by atoms with van der Waals surface area (Å²) in [5.41, 5.74) is 6.77. The van der Waals surface area contributed by atoms with Crippen molar-refractivity contribution in [3.63, 3.8) is 0 Å². The second-order valence-corrected chi connectivity index (χ2v) is 5.22. The van der Waals surface area contributed by atoms with Gasteiger partial charge >= 0.3 is 0 Å². The molecule has 106 valence electrons. The van der Waals surface area contributed by atoms with Gasteiger partial charge in [0.2, 0.25) is 0 Å². The van der Waals surface area contributed by atoms with Crippen molar-refractivity contribution < 1.29 is 9.53 Å². The summed E-state index contributed by atoms with van der Waals surface area (Å²) >= 11 is 0. The van der Waals surface area contributed by atoms with Gasteiger partial charge in [-0.15, -0.1) is 0 Å². The maximum absolute atomic E-state index is 11.7. The Morgan fingerprint density at radius 1 is 1.26 bits per heavy atom. The van der Waals surface area contributed by atoms with Gasteiger partial charge in [-0.3, -0.25) is 4.79 Å². The number of rotatable bonds is 6. The number of amides is 1. The molecule has 1 aromatic rings. The molecule has 0 radical (unpaired) electrons. The smallest absolute Gasteiger partial charge is 0.258 e. The number of ether oxygens (including phenoxy) is 1. The molecule has 1 unspecified atom stereocenters. The normalized spacial score (nSPS) is 14.0. The van der Waals surface area contributed by atoms with E-state index in [2.05, 4.69) is 19.2 Å². The minimum absolute atomic E-state index is 0.0147. The molecule has 0 spiro atoms. The molecular weight excluding hydrogens is 240 g/mol. The number of carbonyl (C=O) groups excluding carboxylic acids is 1. The lowest BCUT2D eigenvalue weighted by molar-refractivity contribution is -0.124. The average Bonchev–Trinajstić information content (AvgIpc) is 2.36. The molecular formula is C15H24N2O2. The van der Waals surface area contributed by atoms with E-state index in [1.54, 1.807) is 0 Å². The minimum Gasteiger partial charge on any atom is -0.483 e. The van der Waals surface area contributed by atoms with E-state index < -0.39 is 0 Å². The quantitative estimate of drug-likeness (QED) is 0.828. The van der Waals surface area contributed by atoms with Gasteiger partial charge in [-0.25, -0.2) is 0 Å². The second-order valence-electron chi connectivity index (χ2n) is 5.22. The molecule has 3 N–H and O–H groups in total. The van der Waals surface area contributed by atoms with Gasteiger partial charge in [-0.1, -0.05) is 32.0 Å². The predicted molar refractivity (Wildman–Crippen MR) is 77.0 cm³/mol. The highest BCUT2D eigenvalue weighted by Gasteiger charge is 2.12. The van der Waals surface area contributed by atoms with Crippen LogP contribution in [0.25, 0.3) is 0 Å². The fourth-order valence-corrected chi connectivity index (χ4v) is 1.59. The van der Waals surface area contributed by atoms with E-state index in [9.17, 15) is 4.79 Å². The summed E-state index contributed by atoms with van der Waals surface area (Å²) in [6.45, 7) is 8.02. The number of para-hydroxylation sites is 1. The van der Waals surface area contributed by atoms with Crippen LogP contribution in [0, 0.1) is 5.92 Å². The highest BCUT2D eigenvalue weighted by molar-refractivity contribution is 5.77. The average molecular weight is 264 g/mol. The Hall–Kier alpha value is -1.55. The summed E-state index contributed by atoms with van der Waals surface area (Å²) in [4.78, 5) is 11.7. The lowest BCUT2D eigenvalue weighted by Gasteiger charge is -2.18. The lowest BCUT2D eigenvalue weighted by Crippen LogP contribution is -2.39. The molecule has 1 aromatic carbocycles. The molecule has 0 aliphatic heterocycles. The molecule has 0 aliphatic carbocycles. The van der Waals surface area contributed by atoms with Crippen molar-refractivity contribution in [2.24, 2.45) is 11.7 Å². The van der Waals surface area contributed by atoms with Crippen LogP contribution in [-0.4, -0.2) is 18.6 Å². The van der Waals surface area contributed by atoms with E-state index in [0.29, 0.717) is 11.7 Å². The number of nitrogens with two attached hydrogens (primary N) is 1. The van der Waals surface area contributed by atoms with Crippen LogP contribution >= 0.6 is 0 Å². The first kappa shape index (κ1) is 15.5. The van der Waals surface area contributed by atoms with Gasteiger partial charge in [0.15, 0.2) is 6.61 Å². The van der Waals surface area contributed by atoms with Crippen LogP contribution in [0.3, 0.4) is 0 Å². The van der Waals surface area contributed by atoms with Gasteiger partial charge in [0.1, 0.15) is 5.75 Å². The second kappa shape index (κ2) is 7.14. The van der Waals surface area contributed by atoms with Gasteiger partial charge in [0, 0.05) is 17.6 Å². The van der Waals surface area contributed by atoms with Gasteiger partial charge in [-0.2, -0.15) is 0 Å². The lowest BCUT2D eigenvalue weighted by atomic mass is 10.1. The molecule has 0 fully saturated rings. The SMILES string of the molecule is CC(C)C(C)NC(=O)COc1ccccc1[C@H](C)N. The number of benzene rings is 1. The molecule has 1 amide bonds. The topological polar surface area (TPSA) is 64.3 Å². The van der Waals surface area contributed by atoms with E-state index in [1.807, 2.05) is 38.1 Å². The van der Waals surface area contributed by atoms with Crippen molar-refractivity contribution in [2.45, 2.75) is 39.8 Å². The summed E-state index contributed by atoms with van der Waals surface area (Å²) < 4.78 is 5.55. The summed E-state index contributed by atoms with van der Waals surface area (Å²) in [6, 6.07) is 7.54. The molecule has 4 nitrogen and oxygen atoms in total. The van der Waals surface area contributed by atoms with Gasteiger partial charge in [0.25, 0.3) is 5.91 Å². The Morgan fingerprint density at radius 2 is 1.89 bits per heavy atom. The number of hydrogen-bond donors (Lipinski definition) is 2. The van der Waals surface area contributed by atoms with Crippen molar-refractivity contribution in [3.05, 3.63) is 29.8 Å². The summed E-state index contributed by atoms with van der Waals surface area (Å²) in [5.74, 6) is 0.964. The Labute approximate surface area is 115 Å². The van der Waals surface area contributed by atoms with Gasteiger partial charge < -0.3 is 15.8 Å². The van der Waals surface area contributed by atoms with E-state index in [4.69, 9.17) is 10.5 Å². The van der Waals surface area contributed by atoms with Crippen LogP contribution in [0.15, 0.2) is 24.3 Å². The predicted octanol–water partition coefficient (Wildman–Crippen LogP) is 2.25. The third-order valence-corrected chi connectivity index (χ3v) is 3.16. The summed E-state index contributed by atoms with van der Waals surface area (Å²) in [5, 5.41) is 2.90. The Morgan fingerprint density at radius 3 is 2.47 bits per heavy atom. The van der Waals surface area contributed by atoms with Crippen LogP contribution in [0.2, 0.25) is 0 Å². The Balaban J connectivity index is 2.55. The first-order valence-corrected chi connectivity index (χ1v) is 6.68. The molecule has 1 rings (SSSR count). The molecule has 0 heterocycles. The number of hydrogen-bond acceptors (Lipinski definition) is 3. The zero-order valence-corrected chi connectivity index (χ0v) is 12.1. The summed E-state index contributed by atoms with van der Waals surface area (Å²) in [6.07, 6.45) is 0. The Kier molecular flexibility index (Phi) is 5.83. The zero-order chi connectivity index (χ0) is 14.4. The van der Waals surface area contributed by atoms with E-state index >= 15 is 0 Å². The third-order valence-electron chi connectivity index (χ3n) is 3.16. The molecule has 2 atom stereocenters. The van der Waals surface area contributed by atoms with Crippen molar-refractivity contribution in [2.75, 3.05) is 6.61 Å². The molecule has 19 heavy (non-hydrogen) atoms. The standard InChI is InChI=1S/C15H24N2O2/c1-10(2)12(4)17-15(18)9-19-14-8-6-5-7-13(14)11(3)16/h5-8,10-12H,9,16H2,1-4H3,(H,17,18)/t11-,12?/m0/s1. The first-order chi connectivity index (χ1) is 8.91. The highest BCUT2D eigenvalue weighted by Crippen LogP contribution is 2.22. The van der Waals surface area contributed by atoms with E-state index in [-0.39, 0.29) is 24.6 Å². The fraction of sp³-hybridized carbons (Fsp3) is 0.533. The molecule has 0 aliphatic rings. The minimum atomic E-state index is -0.117. The first-order valence-electron chi connectivity index (χ1n) is 6.68. The molecule has 0 aromatic heterocycles. The number of nitrogens with one attached hydrogen (secondary N) is 1. The van der Waals surface area contributed by atoms with Crippen LogP contribution in [0.4, 0.5) is 0 Å². The maximum atomic E-state index is 11.7. The van der Waals surface area contributed by atoms with Crippen molar-refractivity contribution in [1.82, 2.24) is 5.32 Å². The third kappa shape index (κ3) is 4.91. The Bertz CT molecular complexity index is 416. The van der Waals surface area contributed by atoms with E-state index in [0.717, 1.165) is 5.56 Å². The fourth-order valence-electron chi connectivity index (χ4n) is 1.59. The number of carbonyl (C=O) groups is 1. The monoisotopic (exact) mass is 264 g/mol. The van der Waals surface area contributed by atoms with Gasteiger partial charge in [-0.05, 0) is 25.8 Å². The van der Waals surface area contributed by atoms with Crippen LogP contribution in [0.5, 0.6) is 5.75 Å².